The van der Waals surface area contributed by atoms with E-state index in [4.69, 9.17) is 31.7 Å². The zero-order valence-electron chi connectivity index (χ0n) is 41.3. The van der Waals surface area contributed by atoms with Gasteiger partial charge in [0.05, 0.1) is 20.6 Å². The van der Waals surface area contributed by atoms with Crippen molar-refractivity contribution >= 4 is 43.5 Å². The van der Waals surface area contributed by atoms with Gasteiger partial charge in [0.25, 0.3) is 0 Å². The van der Waals surface area contributed by atoms with Gasteiger partial charge in [-0.2, -0.15) is 0 Å². The molecule has 0 radical (unpaired) electrons. The molecular formula is C47H29N3O. The summed E-state index contributed by atoms with van der Waals surface area (Å²) in [5, 5.41) is -2.04. The SMILES string of the molecule is [2H]c1c(-c2nc(-c3ccccc3)nc(-c3ccc(-c4ccccc4)cc3)n2)c([2H])c2c(oc3c([2H])c(-c4c([2H])c([2H])c([2H])c5c([2H])c([2H])c([2H])c([2H])c45)c4c([2H])c([2H])c([2H])c([2H])c4c32)c1[2H]. The summed E-state index contributed by atoms with van der Waals surface area (Å²) in [5.74, 6) is 0.201. The Morgan fingerprint density at radius 2 is 0.961 bits per heavy atom. The fraction of sp³-hybridized carbons (Fsp3) is 0. The molecule has 238 valence electrons. The second-order valence-corrected chi connectivity index (χ2v) is 11.6. The van der Waals surface area contributed by atoms with Crippen molar-refractivity contribution in [1.29, 1.82) is 0 Å². The van der Waals surface area contributed by atoms with E-state index in [0.717, 1.165) is 11.1 Å². The van der Waals surface area contributed by atoms with Crippen molar-refractivity contribution in [2.45, 2.75) is 0 Å². The Hall–Kier alpha value is -6.91. The van der Waals surface area contributed by atoms with Gasteiger partial charge in [0.15, 0.2) is 17.5 Å². The van der Waals surface area contributed by atoms with Gasteiger partial charge in [-0.25, -0.2) is 15.0 Å². The van der Waals surface area contributed by atoms with Crippen molar-refractivity contribution in [2.75, 3.05) is 0 Å². The predicted molar refractivity (Wildman–Crippen MR) is 209 cm³/mol. The highest BCUT2D eigenvalue weighted by Gasteiger charge is 2.18. The Morgan fingerprint density at radius 1 is 0.392 bits per heavy atom. The predicted octanol–water partition coefficient (Wildman–Crippen LogP) is 12.4. The number of benzene rings is 8. The summed E-state index contributed by atoms with van der Waals surface area (Å²) < 4.78 is 141. The molecule has 0 N–H and O–H groups in total. The van der Waals surface area contributed by atoms with Gasteiger partial charge in [0.2, 0.25) is 0 Å². The molecule has 51 heavy (non-hydrogen) atoms. The Bertz CT molecular complexity index is 3740. The summed E-state index contributed by atoms with van der Waals surface area (Å²) in [6.45, 7) is 0. The molecule has 0 spiro atoms. The third kappa shape index (κ3) is 5.04. The molecule has 2 aromatic heterocycles. The first-order valence-electron chi connectivity index (χ1n) is 23.4. The average molecular weight is 667 g/mol. The van der Waals surface area contributed by atoms with Crippen LogP contribution in [0.2, 0.25) is 0 Å². The molecular weight excluding hydrogens is 623 g/mol. The van der Waals surface area contributed by atoms with E-state index >= 15 is 0 Å². The number of aromatic nitrogens is 3. The quantitative estimate of drug-likeness (QED) is 0.183. The standard InChI is InChI=1S/C47H29N3O/c1-3-12-30(13-4-1)31-22-24-34(25-23-31)46-48-45(33-15-5-2-6-16-33)49-47(50-46)35-26-27-42-41(28-35)44-39-20-10-9-19-38(39)40(29-43(44)51-42)37-21-11-17-32-14-7-8-18-36(32)37/h1-29H/i7D,8D,9D,10D,11D,14D,17D,18D,19D,20D,21D,26D,27D,28D,29D. The summed E-state index contributed by atoms with van der Waals surface area (Å²) in [6.07, 6.45) is 0. The van der Waals surface area contributed by atoms with Gasteiger partial charge in [-0.05, 0) is 68.0 Å². The number of hydrogen-bond donors (Lipinski definition) is 0. The number of hydrogen-bond acceptors (Lipinski definition) is 4. The van der Waals surface area contributed by atoms with Gasteiger partial charge in [-0.3, -0.25) is 0 Å². The monoisotopic (exact) mass is 666 g/mol. The fourth-order valence-electron chi connectivity index (χ4n) is 6.18. The zero-order chi connectivity index (χ0) is 46.8. The Kier molecular flexibility index (Phi) is 4.12. The molecule has 0 aliphatic rings. The van der Waals surface area contributed by atoms with Crippen LogP contribution in [0.15, 0.2) is 180 Å². The highest BCUT2D eigenvalue weighted by atomic mass is 16.3. The van der Waals surface area contributed by atoms with Crippen LogP contribution in [0.5, 0.6) is 0 Å². The van der Waals surface area contributed by atoms with E-state index in [2.05, 4.69) is 0 Å². The summed E-state index contributed by atoms with van der Waals surface area (Å²) >= 11 is 0. The van der Waals surface area contributed by atoms with Crippen LogP contribution in [0.4, 0.5) is 0 Å². The number of fused-ring (bicyclic) bond motifs is 6. The zero-order valence-corrected chi connectivity index (χ0v) is 26.3. The molecule has 0 amide bonds. The minimum absolute atomic E-state index is 0.169. The fourth-order valence-corrected chi connectivity index (χ4v) is 6.18. The highest BCUT2D eigenvalue weighted by Crippen LogP contribution is 2.42. The van der Waals surface area contributed by atoms with E-state index in [0.29, 0.717) is 11.1 Å². The Morgan fingerprint density at radius 3 is 1.71 bits per heavy atom. The lowest BCUT2D eigenvalue weighted by atomic mass is 9.92. The molecule has 10 rings (SSSR count). The Balaban J connectivity index is 1.33. The molecule has 0 saturated carbocycles. The van der Waals surface area contributed by atoms with Gasteiger partial charge in [-0.15, -0.1) is 0 Å². The number of furan rings is 1. The molecule has 0 aliphatic carbocycles. The van der Waals surface area contributed by atoms with Crippen LogP contribution in [-0.4, -0.2) is 15.0 Å². The third-order valence-corrected chi connectivity index (χ3v) is 8.59. The van der Waals surface area contributed by atoms with Crippen molar-refractivity contribution in [3.05, 3.63) is 176 Å². The molecule has 0 unspecified atom stereocenters. The van der Waals surface area contributed by atoms with Crippen molar-refractivity contribution in [2.24, 2.45) is 0 Å². The van der Waals surface area contributed by atoms with Crippen LogP contribution in [-0.2, 0) is 0 Å². The minimum Gasteiger partial charge on any atom is -0.456 e. The minimum atomic E-state index is -0.773. The molecule has 2 heterocycles. The van der Waals surface area contributed by atoms with Crippen LogP contribution in [0.1, 0.15) is 20.6 Å². The molecule has 10 aromatic rings. The lowest BCUT2D eigenvalue weighted by molar-refractivity contribution is 0.669. The largest absolute Gasteiger partial charge is 0.456 e. The normalized spacial score (nSPS) is 15.6. The van der Waals surface area contributed by atoms with E-state index < -0.39 is 129 Å². The van der Waals surface area contributed by atoms with E-state index in [-0.39, 0.29) is 39.2 Å². The second kappa shape index (κ2) is 11.9. The number of nitrogens with zero attached hydrogens (tertiary/aromatic N) is 3. The van der Waals surface area contributed by atoms with Crippen molar-refractivity contribution < 1.29 is 25.0 Å². The average Bonchev–Trinajstić information content (AvgIpc) is 3.74. The van der Waals surface area contributed by atoms with Gasteiger partial charge in [-0.1, -0.05) is 151 Å². The summed E-state index contributed by atoms with van der Waals surface area (Å²) in [7, 11) is 0. The maximum atomic E-state index is 9.78. The van der Waals surface area contributed by atoms with Crippen LogP contribution < -0.4 is 0 Å². The van der Waals surface area contributed by atoms with Crippen LogP contribution in [0.25, 0.3) is 99.9 Å². The highest BCUT2D eigenvalue weighted by molar-refractivity contribution is 6.23. The van der Waals surface area contributed by atoms with Crippen LogP contribution in [0, 0.1) is 0 Å². The van der Waals surface area contributed by atoms with Gasteiger partial charge < -0.3 is 4.42 Å². The molecule has 0 aliphatic heterocycles. The van der Waals surface area contributed by atoms with E-state index in [9.17, 15) is 8.22 Å². The number of rotatable bonds is 5. The van der Waals surface area contributed by atoms with Crippen LogP contribution in [0.3, 0.4) is 0 Å². The molecule has 0 fully saturated rings. The molecule has 4 heteroatoms. The second-order valence-electron chi connectivity index (χ2n) is 11.6. The molecule has 4 nitrogen and oxygen atoms in total. The molecule has 0 atom stereocenters. The topological polar surface area (TPSA) is 51.8 Å². The molecule has 0 bridgehead atoms. The first kappa shape index (κ1) is 17.7. The lowest BCUT2D eigenvalue weighted by Crippen LogP contribution is -2.00. The summed E-state index contributed by atoms with van der Waals surface area (Å²) in [4.78, 5) is 14.3. The smallest absolute Gasteiger partial charge is 0.164 e. The van der Waals surface area contributed by atoms with E-state index in [1.807, 2.05) is 60.7 Å². The van der Waals surface area contributed by atoms with Gasteiger partial charge >= 0.3 is 0 Å². The first-order valence-corrected chi connectivity index (χ1v) is 15.9. The van der Waals surface area contributed by atoms with Gasteiger partial charge in [0.1, 0.15) is 11.2 Å². The molecule has 8 aromatic carbocycles. The Labute approximate surface area is 315 Å². The maximum Gasteiger partial charge on any atom is 0.164 e. The van der Waals surface area contributed by atoms with Crippen molar-refractivity contribution in [1.82, 2.24) is 15.0 Å². The van der Waals surface area contributed by atoms with Crippen LogP contribution >= 0.6 is 0 Å². The van der Waals surface area contributed by atoms with Crippen molar-refractivity contribution in [3.63, 3.8) is 0 Å². The molecule has 0 saturated heterocycles. The maximum absolute atomic E-state index is 9.78. The van der Waals surface area contributed by atoms with Crippen molar-refractivity contribution in [3.8, 4) is 56.4 Å². The first-order chi connectivity index (χ1) is 31.5. The van der Waals surface area contributed by atoms with Gasteiger partial charge in [0, 0.05) is 27.5 Å². The van der Waals surface area contributed by atoms with E-state index in [1.54, 1.807) is 24.3 Å². The summed E-state index contributed by atoms with van der Waals surface area (Å²) in [6, 6.07) is 15.9. The summed E-state index contributed by atoms with van der Waals surface area (Å²) in [5.41, 5.74) is 1.05. The van der Waals surface area contributed by atoms with E-state index in [1.165, 1.54) is 0 Å². The lowest BCUT2D eigenvalue weighted by Gasteiger charge is -2.11. The third-order valence-electron chi connectivity index (χ3n) is 8.59.